The molecule has 2 heterocycles. The second kappa shape index (κ2) is 5.02. The molecular weight excluding hydrogens is 280 g/mol. The van der Waals surface area contributed by atoms with E-state index in [1.165, 1.54) is 6.20 Å². The van der Waals surface area contributed by atoms with E-state index in [-0.39, 0.29) is 12.7 Å². The summed E-state index contributed by atoms with van der Waals surface area (Å²) in [6, 6.07) is 6.80. The molecular formula is C14H11ClN2O3. The number of fused-ring (bicyclic) bond motifs is 1. The van der Waals surface area contributed by atoms with E-state index in [1.807, 2.05) is 6.92 Å². The first-order valence-corrected chi connectivity index (χ1v) is 6.34. The first-order chi connectivity index (χ1) is 9.63. The molecule has 0 bridgehead atoms. The van der Waals surface area contributed by atoms with Gasteiger partial charge in [-0.2, -0.15) is 0 Å². The van der Waals surface area contributed by atoms with E-state index in [9.17, 15) is 4.79 Å². The Bertz CT molecular complexity index is 688. The summed E-state index contributed by atoms with van der Waals surface area (Å²) in [7, 11) is 0. The molecule has 1 N–H and O–H groups in total. The number of pyridine rings is 1. The van der Waals surface area contributed by atoms with Gasteiger partial charge in [-0.1, -0.05) is 11.6 Å². The lowest BCUT2D eigenvalue weighted by molar-refractivity contribution is 0.102. The minimum Gasteiger partial charge on any atom is -0.454 e. The van der Waals surface area contributed by atoms with Crippen molar-refractivity contribution in [1.82, 2.24) is 4.98 Å². The lowest BCUT2D eigenvalue weighted by atomic mass is 10.2. The summed E-state index contributed by atoms with van der Waals surface area (Å²) in [6.45, 7) is 2.01. The maximum Gasteiger partial charge on any atom is 0.255 e. The second-order valence-electron chi connectivity index (χ2n) is 4.35. The van der Waals surface area contributed by atoms with Crippen LogP contribution in [0.4, 0.5) is 5.69 Å². The van der Waals surface area contributed by atoms with E-state index in [4.69, 9.17) is 21.1 Å². The normalized spacial score (nSPS) is 12.3. The summed E-state index contributed by atoms with van der Waals surface area (Å²) in [6.07, 6.45) is 1.51. The summed E-state index contributed by atoms with van der Waals surface area (Å²) < 4.78 is 10.4. The van der Waals surface area contributed by atoms with Crippen LogP contribution in [-0.4, -0.2) is 17.7 Å². The molecule has 0 atom stereocenters. The van der Waals surface area contributed by atoms with Crippen LogP contribution in [0.3, 0.4) is 0 Å². The van der Waals surface area contributed by atoms with Gasteiger partial charge in [0.1, 0.15) is 5.15 Å². The number of carbonyl (C=O) groups is 1. The number of amides is 1. The van der Waals surface area contributed by atoms with E-state index in [0.717, 1.165) is 5.56 Å². The zero-order valence-corrected chi connectivity index (χ0v) is 11.4. The third kappa shape index (κ3) is 2.40. The van der Waals surface area contributed by atoms with Crippen LogP contribution in [0.5, 0.6) is 11.5 Å². The molecule has 0 radical (unpaired) electrons. The molecule has 0 aliphatic carbocycles. The van der Waals surface area contributed by atoms with Crippen molar-refractivity contribution in [3.63, 3.8) is 0 Å². The lowest BCUT2D eigenvalue weighted by Gasteiger charge is -2.07. The number of halogens is 1. The SMILES string of the molecule is Cc1cc(NC(=O)c2ccc3c(c2)OCO3)cnc1Cl. The number of nitrogens with one attached hydrogen (secondary N) is 1. The van der Waals surface area contributed by atoms with Crippen LogP contribution in [0.25, 0.3) is 0 Å². The van der Waals surface area contributed by atoms with Gasteiger partial charge in [0.2, 0.25) is 6.79 Å². The van der Waals surface area contributed by atoms with Crippen LogP contribution in [0.2, 0.25) is 5.15 Å². The fourth-order valence-electron chi connectivity index (χ4n) is 1.87. The molecule has 0 saturated heterocycles. The Morgan fingerprint density at radius 1 is 1.30 bits per heavy atom. The van der Waals surface area contributed by atoms with Crippen molar-refractivity contribution in [2.75, 3.05) is 12.1 Å². The Kier molecular flexibility index (Phi) is 3.20. The number of rotatable bonds is 2. The number of hydrogen-bond donors (Lipinski definition) is 1. The average molecular weight is 291 g/mol. The van der Waals surface area contributed by atoms with Crippen LogP contribution in [-0.2, 0) is 0 Å². The van der Waals surface area contributed by atoms with Gasteiger partial charge in [-0.15, -0.1) is 0 Å². The van der Waals surface area contributed by atoms with E-state index < -0.39 is 0 Å². The standard InChI is InChI=1S/C14H11ClN2O3/c1-8-4-10(6-16-13(8)15)17-14(18)9-2-3-11-12(5-9)20-7-19-11/h2-6H,7H2,1H3,(H,17,18). The van der Waals surface area contributed by atoms with Gasteiger partial charge in [0, 0.05) is 5.56 Å². The van der Waals surface area contributed by atoms with E-state index in [1.54, 1.807) is 24.3 Å². The fraction of sp³-hybridized carbons (Fsp3) is 0.143. The summed E-state index contributed by atoms with van der Waals surface area (Å²) in [4.78, 5) is 16.1. The van der Waals surface area contributed by atoms with Gasteiger partial charge in [-0.05, 0) is 36.8 Å². The van der Waals surface area contributed by atoms with Crippen LogP contribution in [0, 0.1) is 6.92 Å². The topological polar surface area (TPSA) is 60.5 Å². The van der Waals surface area contributed by atoms with Crippen LogP contribution >= 0.6 is 11.6 Å². The molecule has 1 aromatic heterocycles. The molecule has 0 fully saturated rings. The smallest absolute Gasteiger partial charge is 0.255 e. The lowest BCUT2D eigenvalue weighted by Crippen LogP contribution is -2.12. The van der Waals surface area contributed by atoms with Gasteiger partial charge in [0.05, 0.1) is 11.9 Å². The third-order valence-corrected chi connectivity index (χ3v) is 3.30. The molecule has 0 unspecified atom stereocenters. The molecule has 6 heteroatoms. The van der Waals surface area contributed by atoms with Crippen molar-refractivity contribution in [3.8, 4) is 11.5 Å². The third-order valence-electron chi connectivity index (χ3n) is 2.91. The maximum absolute atomic E-state index is 12.1. The Morgan fingerprint density at radius 3 is 2.90 bits per heavy atom. The molecule has 1 aliphatic heterocycles. The van der Waals surface area contributed by atoms with Gasteiger partial charge in [-0.25, -0.2) is 4.98 Å². The molecule has 20 heavy (non-hydrogen) atoms. The Balaban J connectivity index is 1.80. The number of anilines is 1. The molecule has 3 rings (SSSR count). The van der Waals surface area contributed by atoms with Crippen molar-refractivity contribution in [3.05, 3.63) is 46.7 Å². The summed E-state index contributed by atoms with van der Waals surface area (Å²) in [5.41, 5.74) is 1.88. The monoisotopic (exact) mass is 290 g/mol. The molecule has 0 spiro atoms. The Labute approximate surface area is 120 Å². The molecule has 1 aliphatic rings. The van der Waals surface area contributed by atoms with Crippen molar-refractivity contribution >= 4 is 23.2 Å². The second-order valence-corrected chi connectivity index (χ2v) is 4.71. The van der Waals surface area contributed by atoms with Crippen molar-refractivity contribution in [2.24, 2.45) is 0 Å². The van der Waals surface area contributed by atoms with Crippen LogP contribution < -0.4 is 14.8 Å². The number of benzene rings is 1. The predicted molar refractivity (Wildman–Crippen MR) is 74.5 cm³/mol. The Hall–Kier alpha value is -2.27. The van der Waals surface area contributed by atoms with Crippen molar-refractivity contribution in [1.29, 1.82) is 0 Å². The highest BCUT2D eigenvalue weighted by atomic mass is 35.5. The zero-order valence-electron chi connectivity index (χ0n) is 10.6. The number of hydrogen-bond acceptors (Lipinski definition) is 4. The predicted octanol–water partition coefficient (Wildman–Crippen LogP) is 3.02. The molecule has 1 amide bonds. The number of carbonyl (C=O) groups excluding carboxylic acids is 1. The minimum absolute atomic E-state index is 0.181. The number of aryl methyl sites for hydroxylation is 1. The van der Waals surface area contributed by atoms with Gasteiger partial charge in [-0.3, -0.25) is 4.79 Å². The average Bonchev–Trinajstić information content (AvgIpc) is 2.90. The summed E-state index contributed by atoms with van der Waals surface area (Å²) in [5, 5.41) is 3.18. The maximum atomic E-state index is 12.1. The first-order valence-electron chi connectivity index (χ1n) is 5.96. The minimum atomic E-state index is -0.244. The number of ether oxygens (including phenoxy) is 2. The molecule has 1 aromatic carbocycles. The number of aromatic nitrogens is 1. The van der Waals surface area contributed by atoms with Gasteiger partial charge in [0.15, 0.2) is 11.5 Å². The highest BCUT2D eigenvalue weighted by molar-refractivity contribution is 6.30. The van der Waals surface area contributed by atoms with Gasteiger partial charge >= 0.3 is 0 Å². The van der Waals surface area contributed by atoms with Gasteiger partial charge in [0.25, 0.3) is 5.91 Å². The highest BCUT2D eigenvalue weighted by Crippen LogP contribution is 2.32. The van der Waals surface area contributed by atoms with Gasteiger partial charge < -0.3 is 14.8 Å². The van der Waals surface area contributed by atoms with Crippen LogP contribution in [0.1, 0.15) is 15.9 Å². The quantitative estimate of drug-likeness (QED) is 0.864. The van der Waals surface area contributed by atoms with E-state index in [0.29, 0.717) is 27.9 Å². The molecule has 5 nitrogen and oxygen atoms in total. The molecule has 2 aromatic rings. The van der Waals surface area contributed by atoms with Crippen molar-refractivity contribution in [2.45, 2.75) is 6.92 Å². The molecule has 102 valence electrons. The van der Waals surface area contributed by atoms with E-state index in [2.05, 4.69) is 10.3 Å². The number of nitrogens with zero attached hydrogens (tertiary/aromatic N) is 1. The van der Waals surface area contributed by atoms with Crippen LogP contribution in [0.15, 0.2) is 30.5 Å². The Morgan fingerprint density at radius 2 is 2.10 bits per heavy atom. The largest absolute Gasteiger partial charge is 0.454 e. The zero-order chi connectivity index (χ0) is 14.1. The summed E-state index contributed by atoms with van der Waals surface area (Å²) in [5.74, 6) is 0.973. The van der Waals surface area contributed by atoms with Crippen molar-refractivity contribution < 1.29 is 14.3 Å². The van der Waals surface area contributed by atoms with E-state index >= 15 is 0 Å². The summed E-state index contributed by atoms with van der Waals surface area (Å²) >= 11 is 5.84. The molecule has 0 saturated carbocycles. The fourth-order valence-corrected chi connectivity index (χ4v) is 1.97. The first kappa shape index (κ1) is 12.7. The highest BCUT2D eigenvalue weighted by Gasteiger charge is 2.16.